The fourth-order valence-electron chi connectivity index (χ4n) is 1.95. The first-order valence-electron chi connectivity index (χ1n) is 6.83. The lowest BCUT2D eigenvalue weighted by atomic mass is 9.85. The Kier molecular flexibility index (Phi) is 5.55. The van der Waals surface area contributed by atoms with Gasteiger partial charge in [0.05, 0.1) is 6.42 Å². The lowest BCUT2D eigenvalue weighted by Gasteiger charge is -2.21. The maximum Gasteiger partial charge on any atom is 0.304 e. The largest absolute Gasteiger partial charge is 0.481 e. The Morgan fingerprint density at radius 1 is 1.26 bits per heavy atom. The van der Waals surface area contributed by atoms with Gasteiger partial charge in [-0.2, -0.15) is 0 Å². The van der Waals surface area contributed by atoms with Gasteiger partial charge in [-0.3, -0.25) is 4.79 Å². The van der Waals surface area contributed by atoms with Gasteiger partial charge in [0.1, 0.15) is 0 Å². The third kappa shape index (κ3) is 5.43. The molecule has 1 aromatic carbocycles. The van der Waals surface area contributed by atoms with E-state index >= 15 is 0 Å². The lowest BCUT2D eigenvalue weighted by molar-refractivity contribution is -0.136. The summed E-state index contributed by atoms with van der Waals surface area (Å²) < 4.78 is 0. The predicted octanol–water partition coefficient (Wildman–Crippen LogP) is 2.90. The SMILES string of the molecule is Cc1ccc(C(C)(C)C)cc1CCNCCC(=O)O. The highest BCUT2D eigenvalue weighted by atomic mass is 16.4. The highest BCUT2D eigenvalue weighted by molar-refractivity contribution is 5.66. The van der Waals surface area contributed by atoms with E-state index in [1.807, 2.05) is 0 Å². The summed E-state index contributed by atoms with van der Waals surface area (Å²) in [6.07, 6.45) is 1.12. The fraction of sp³-hybridized carbons (Fsp3) is 0.562. The molecule has 0 aliphatic rings. The molecule has 19 heavy (non-hydrogen) atoms. The molecule has 0 saturated carbocycles. The first-order chi connectivity index (χ1) is 8.80. The van der Waals surface area contributed by atoms with Gasteiger partial charge in [0.15, 0.2) is 0 Å². The van der Waals surface area contributed by atoms with E-state index in [1.54, 1.807) is 0 Å². The van der Waals surface area contributed by atoms with Crippen molar-refractivity contribution in [3.05, 3.63) is 34.9 Å². The minimum atomic E-state index is -0.751. The van der Waals surface area contributed by atoms with E-state index in [2.05, 4.69) is 51.2 Å². The zero-order valence-corrected chi connectivity index (χ0v) is 12.4. The lowest BCUT2D eigenvalue weighted by Crippen LogP contribution is -2.21. The Labute approximate surface area is 116 Å². The van der Waals surface area contributed by atoms with E-state index in [4.69, 9.17) is 5.11 Å². The molecule has 106 valence electrons. The Balaban J connectivity index is 2.55. The number of aryl methyl sites for hydroxylation is 1. The third-order valence-electron chi connectivity index (χ3n) is 3.30. The highest BCUT2D eigenvalue weighted by Crippen LogP contribution is 2.24. The summed E-state index contributed by atoms with van der Waals surface area (Å²) in [7, 11) is 0. The number of benzene rings is 1. The van der Waals surface area contributed by atoms with E-state index in [0.29, 0.717) is 6.54 Å². The molecule has 1 aromatic rings. The van der Waals surface area contributed by atoms with Crippen LogP contribution in [0, 0.1) is 6.92 Å². The fourth-order valence-corrected chi connectivity index (χ4v) is 1.95. The van der Waals surface area contributed by atoms with Crippen LogP contribution >= 0.6 is 0 Å². The molecular formula is C16H25NO2. The van der Waals surface area contributed by atoms with Crippen molar-refractivity contribution in [1.82, 2.24) is 5.32 Å². The maximum absolute atomic E-state index is 10.4. The van der Waals surface area contributed by atoms with Gasteiger partial charge in [-0.05, 0) is 42.0 Å². The monoisotopic (exact) mass is 263 g/mol. The predicted molar refractivity (Wildman–Crippen MR) is 78.7 cm³/mol. The van der Waals surface area contributed by atoms with Crippen LogP contribution in [-0.4, -0.2) is 24.2 Å². The molecule has 0 bridgehead atoms. The van der Waals surface area contributed by atoms with Crippen molar-refractivity contribution in [3.8, 4) is 0 Å². The number of hydrogen-bond acceptors (Lipinski definition) is 2. The molecule has 0 saturated heterocycles. The van der Waals surface area contributed by atoms with Crippen molar-refractivity contribution in [2.45, 2.75) is 46.0 Å². The van der Waals surface area contributed by atoms with E-state index in [9.17, 15) is 4.79 Å². The molecular weight excluding hydrogens is 238 g/mol. The number of rotatable bonds is 6. The maximum atomic E-state index is 10.4. The zero-order chi connectivity index (χ0) is 14.5. The summed E-state index contributed by atoms with van der Waals surface area (Å²) in [5.74, 6) is -0.751. The molecule has 0 aliphatic heterocycles. The summed E-state index contributed by atoms with van der Waals surface area (Å²) in [6, 6.07) is 6.64. The molecule has 0 radical (unpaired) electrons. The second-order valence-corrected chi connectivity index (χ2v) is 6.04. The summed E-state index contributed by atoms with van der Waals surface area (Å²) in [4.78, 5) is 10.4. The molecule has 0 spiro atoms. The molecule has 0 unspecified atom stereocenters. The van der Waals surface area contributed by atoms with Gasteiger partial charge in [0, 0.05) is 6.54 Å². The molecule has 0 amide bonds. The molecule has 0 atom stereocenters. The van der Waals surface area contributed by atoms with Crippen LogP contribution in [0.3, 0.4) is 0 Å². The second kappa shape index (κ2) is 6.71. The minimum absolute atomic E-state index is 0.166. The number of nitrogens with one attached hydrogen (secondary N) is 1. The topological polar surface area (TPSA) is 49.3 Å². The zero-order valence-electron chi connectivity index (χ0n) is 12.4. The minimum Gasteiger partial charge on any atom is -0.481 e. The molecule has 1 rings (SSSR count). The smallest absolute Gasteiger partial charge is 0.304 e. The van der Waals surface area contributed by atoms with Crippen LogP contribution in [0.15, 0.2) is 18.2 Å². The average molecular weight is 263 g/mol. The Hall–Kier alpha value is -1.35. The van der Waals surface area contributed by atoms with Gasteiger partial charge >= 0.3 is 5.97 Å². The van der Waals surface area contributed by atoms with E-state index in [1.165, 1.54) is 16.7 Å². The van der Waals surface area contributed by atoms with Crippen LogP contribution in [0.1, 0.15) is 43.9 Å². The van der Waals surface area contributed by atoms with Gasteiger partial charge in [-0.15, -0.1) is 0 Å². The van der Waals surface area contributed by atoms with Crippen LogP contribution in [0.25, 0.3) is 0 Å². The van der Waals surface area contributed by atoms with Gasteiger partial charge in [0.2, 0.25) is 0 Å². The summed E-state index contributed by atoms with van der Waals surface area (Å²) in [6.45, 7) is 10.1. The van der Waals surface area contributed by atoms with Gasteiger partial charge in [-0.1, -0.05) is 39.0 Å². The third-order valence-corrected chi connectivity index (χ3v) is 3.30. The van der Waals surface area contributed by atoms with Gasteiger partial charge < -0.3 is 10.4 Å². The molecule has 3 heteroatoms. The Morgan fingerprint density at radius 3 is 2.53 bits per heavy atom. The van der Waals surface area contributed by atoms with E-state index in [-0.39, 0.29) is 11.8 Å². The molecule has 0 aliphatic carbocycles. The Bertz CT molecular complexity index is 433. The first-order valence-corrected chi connectivity index (χ1v) is 6.83. The van der Waals surface area contributed by atoms with Crippen molar-refractivity contribution < 1.29 is 9.90 Å². The quantitative estimate of drug-likeness (QED) is 0.776. The van der Waals surface area contributed by atoms with Crippen molar-refractivity contribution in [1.29, 1.82) is 0 Å². The van der Waals surface area contributed by atoms with Crippen molar-refractivity contribution >= 4 is 5.97 Å². The first kappa shape index (κ1) is 15.7. The Morgan fingerprint density at radius 2 is 1.95 bits per heavy atom. The normalized spacial score (nSPS) is 11.6. The summed E-state index contributed by atoms with van der Waals surface area (Å²) >= 11 is 0. The molecule has 0 heterocycles. The molecule has 0 aromatic heterocycles. The number of carbonyl (C=O) groups is 1. The van der Waals surface area contributed by atoms with Crippen LogP contribution < -0.4 is 5.32 Å². The molecule has 0 fully saturated rings. The van der Waals surface area contributed by atoms with Crippen molar-refractivity contribution in [2.75, 3.05) is 13.1 Å². The van der Waals surface area contributed by atoms with Crippen molar-refractivity contribution in [2.24, 2.45) is 0 Å². The molecule has 3 nitrogen and oxygen atoms in total. The van der Waals surface area contributed by atoms with Gasteiger partial charge in [0.25, 0.3) is 0 Å². The number of aliphatic carboxylic acids is 1. The van der Waals surface area contributed by atoms with Crippen LogP contribution in [0.2, 0.25) is 0 Å². The summed E-state index contributed by atoms with van der Waals surface area (Å²) in [5.41, 5.74) is 4.15. The molecule has 2 N–H and O–H groups in total. The highest BCUT2D eigenvalue weighted by Gasteiger charge is 2.14. The van der Waals surface area contributed by atoms with Crippen LogP contribution in [0.4, 0.5) is 0 Å². The van der Waals surface area contributed by atoms with Crippen LogP contribution in [-0.2, 0) is 16.6 Å². The second-order valence-electron chi connectivity index (χ2n) is 6.04. The van der Waals surface area contributed by atoms with E-state index < -0.39 is 5.97 Å². The number of hydrogen-bond donors (Lipinski definition) is 2. The van der Waals surface area contributed by atoms with E-state index in [0.717, 1.165) is 13.0 Å². The van der Waals surface area contributed by atoms with Crippen molar-refractivity contribution in [3.63, 3.8) is 0 Å². The van der Waals surface area contributed by atoms with Crippen LogP contribution in [0.5, 0.6) is 0 Å². The van der Waals surface area contributed by atoms with Gasteiger partial charge in [-0.25, -0.2) is 0 Å². The standard InChI is InChI=1S/C16H25NO2/c1-12-5-6-14(16(2,3)4)11-13(12)7-9-17-10-8-15(18)19/h5-6,11,17H,7-10H2,1-4H3,(H,18,19). The summed E-state index contributed by atoms with van der Waals surface area (Å²) in [5, 5.41) is 11.7. The number of carboxylic acids is 1. The average Bonchev–Trinajstić information content (AvgIpc) is 2.29. The number of carboxylic acid groups (broad SMARTS) is 1.